The van der Waals surface area contributed by atoms with E-state index in [4.69, 9.17) is 32.7 Å². The first-order valence-corrected chi connectivity index (χ1v) is 6.76. The van der Waals surface area contributed by atoms with Crippen molar-refractivity contribution in [3.8, 4) is 22.6 Å². The third-order valence-corrected chi connectivity index (χ3v) is 3.58. The summed E-state index contributed by atoms with van der Waals surface area (Å²) in [7, 11) is 0. The number of halogens is 2. The maximum Gasteiger partial charge on any atom is 0.256 e. The first kappa shape index (κ1) is 13.9. The summed E-state index contributed by atoms with van der Waals surface area (Å²) in [6, 6.07) is 10.0. The summed E-state index contributed by atoms with van der Waals surface area (Å²) in [6.45, 7) is 0.0295. The van der Waals surface area contributed by atoms with E-state index in [1.54, 1.807) is 36.4 Å². The highest BCUT2D eigenvalue weighted by Crippen LogP contribution is 2.44. The van der Waals surface area contributed by atoms with E-state index in [0.717, 1.165) is 11.1 Å². The van der Waals surface area contributed by atoms with Crippen LogP contribution in [0.2, 0.25) is 0 Å². The second kappa shape index (κ2) is 5.39. The van der Waals surface area contributed by atoms with Crippen molar-refractivity contribution in [1.82, 2.24) is 0 Å². The molecular weight excluding hydrogens is 315 g/mol. The molecule has 0 amide bonds. The Morgan fingerprint density at radius 2 is 1.52 bits per heavy atom. The van der Waals surface area contributed by atoms with Crippen LogP contribution in [0, 0.1) is 0 Å². The van der Waals surface area contributed by atoms with Gasteiger partial charge in [-0.15, -0.1) is 0 Å². The van der Waals surface area contributed by atoms with Crippen molar-refractivity contribution in [2.24, 2.45) is 0 Å². The Hall–Kier alpha value is -2.04. The number of benzene rings is 2. The zero-order chi connectivity index (χ0) is 15.0. The summed E-state index contributed by atoms with van der Waals surface area (Å²) in [5.41, 5.74) is 2.23. The zero-order valence-corrected chi connectivity index (χ0v) is 12.1. The van der Waals surface area contributed by atoms with Gasteiger partial charge in [0.1, 0.15) is 0 Å². The molecule has 6 heteroatoms. The Morgan fingerprint density at radius 1 is 0.857 bits per heavy atom. The van der Waals surface area contributed by atoms with E-state index in [1.165, 1.54) is 0 Å². The van der Waals surface area contributed by atoms with Crippen molar-refractivity contribution in [2.45, 2.75) is 0 Å². The van der Waals surface area contributed by atoms with E-state index in [2.05, 4.69) is 0 Å². The summed E-state index contributed by atoms with van der Waals surface area (Å²) >= 11 is 10.9. The van der Waals surface area contributed by atoms with Gasteiger partial charge in [-0.3, -0.25) is 9.59 Å². The lowest BCUT2D eigenvalue weighted by atomic mass is 10.0. The summed E-state index contributed by atoms with van der Waals surface area (Å²) in [5, 5.41) is -1.12. The molecule has 0 aliphatic carbocycles. The van der Waals surface area contributed by atoms with Crippen LogP contribution < -0.4 is 9.47 Å². The Kier molecular flexibility index (Phi) is 3.57. The first-order chi connectivity index (χ1) is 10.1. The Bertz CT molecular complexity index is 738. The highest BCUT2D eigenvalue weighted by atomic mass is 35.5. The second-order valence-electron chi connectivity index (χ2n) is 4.35. The Balaban J connectivity index is 2.09. The van der Waals surface area contributed by atoms with Crippen LogP contribution in [0.1, 0.15) is 20.7 Å². The van der Waals surface area contributed by atoms with E-state index in [-0.39, 0.29) is 12.4 Å². The van der Waals surface area contributed by atoms with Gasteiger partial charge in [0, 0.05) is 11.1 Å². The van der Waals surface area contributed by atoms with Crippen LogP contribution in [-0.2, 0) is 0 Å². The molecule has 0 atom stereocenters. The van der Waals surface area contributed by atoms with Crippen LogP contribution in [-0.4, -0.2) is 17.3 Å². The fourth-order valence-electron chi connectivity index (χ4n) is 2.16. The van der Waals surface area contributed by atoms with Crippen LogP contribution in [0.5, 0.6) is 11.5 Å². The Labute approximate surface area is 130 Å². The number of hydrogen-bond acceptors (Lipinski definition) is 4. The van der Waals surface area contributed by atoms with Crippen molar-refractivity contribution in [3.05, 3.63) is 47.5 Å². The van der Waals surface area contributed by atoms with E-state index < -0.39 is 10.5 Å². The topological polar surface area (TPSA) is 52.6 Å². The van der Waals surface area contributed by atoms with E-state index in [1.807, 2.05) is 0 Å². The maximum absolute atomic E-state index is 11.4. The van der Waals surface area contributed by atoms with Crippen LogP contribution in [0.3, 0.4) is 0 Å². The van der Waals surface area contributed by atoms with Gasteiger partial charge >= 0.3 is 0 Å². The summed E-state index contributed by atoms with van der Waals surface area (Å²) in [5.74, 6) is 0.802. The molecule has 1 aliphatic heterocycles. The molecule has 0 bridgehead atoms. The van der Waals surface area contributed by atoms with Crippen molar-refractivity contribution in [3.63, 3.8) is 0 Å². The van der Waals surface area contributed by atoms with Gasteiger partial charge in [-0.2, -0.15) is 0 Å². The maximum atomic E-state index is 11.4. The molecule has 0 fully saturated rings. The minimum Gasteiger partial charge on any atom is -0.453 e. The fraction of sp³-hybridized carbons (Fsp3) is 0.0667. The highest BCUT2D eigenvalue weighted by molar-refractivity contribution is 6.68. The fourth-order valence-corrected chi connectivity index (χ4v) is 2.43. The normalized spacial score (nSPS) is 12.3. The molecule has 2 aromatic carbocycles. The zero-order valence-electron chi connectivity index (χ0n) is 10.6. The lowest BCUT2D eigenvalue weighted by Crippen LogP contribution is -1.95. The molecule has 1 aliphatic rings. The molecule has 0 spiro atoms. The lowest BCUT2D eigenvalue weighted by molar-refractivity contribution is 0.107. The third-order valence-electron chi connectivity index (χ3n) is 3.15. The predicted molar refractivity (Wildman–Crippen MR) is 78.4 cm³/mol. The SMILES string of the molecule is O=C(Cl)c1ccc(-c2ccc(C(=O)Cl)c3c2OCO3)cc1. The number of fused-ring (bicyclic) bond motifs is 1. The number of rotatable bonds is 3. The number of hydrogen-bond donors (Lipinski definition) is 0. The second-order valence-corrected chi connectivity index (χ2v) is 5.04. The van der Waals surface area contributed by atoms with E-state index in [9.17, 15) is 9.59 Å². The molecule has 21 heavy (non-hydrogen) atoms. The third kappa shape index (κ3) is 2.48. The van der Waals surface area contributed by atoms with Gasteiger partial charge in [0.25, 0.3) is 10.5 Å². The standard InChI is InChI=1S/C15H8Cl2O4/c16-14(18)9-3-1-8(2-4-9)10-5-6-11(15(17)19)13-12(10)20-7-21-13/h1-6H,7H2. The summed E-state index contributed by atoms with van der Waals surface area (Å²) in [4.78, 5) is 22.4. The van der Waals surface area contributed by atoms with Gasteiger partial charge in [-0.25, -0.2) is 0 Å². The van der Waals surface area contributed by atoms with Crippen molar-refractivity contribution in [1.29, 1.82) is 0 Å². The molecule has 0 saturated carbocycles. The molecule has 3 rings (SSSR count). The molecule has 0 unspecified atom stereocenters. The number of ether oxygens (including phenoxy) is 2. The molecule has 2 aromatic rings. The van der Waals surface area contributed by atoms with Crippen molar-refractivity contribution >= 4 is 33.7 Å². The van der Waals surface area contributed by atoms with Gasteiger partial charge in [-0.05, 0) is 53.0 Å². The monoisotopic (exact) mass is 322 g/mol. The van der Waals surface area contributed by atoms with Crippen molar-refractivity contribution < 1.29 is 19.1 Å². The van der Waals surface area contributed by atoms with E-state index >= 15 is 0 Å². The molecule has 0 saturated heterocycles. The van der Waals surface area contributed by atoms with Gasteiger partial charge in [-0.1, -0.05) is 12.1 Å². The molecule has 0 N–H and O–H groups in total. The number of carbonyl (C=O) groups is 2. The van der Waals surface area contributed by atoms with Gasteiger partial charge in [0.05, 0.1) is 5.56 Å². The molecule has 0 radical (unpaired) electrons. The summed E-state index contributed by atoms with van der Waals surface area (Å²) < 4.78 is 10.7. The van der Waals surface area contributed by atoms with Gasteiger partial charge in [0.2, 0.25) is 6.79 Å². The highest BCUT2D eigenvalue weighted by Gasteiger charge is 2.25. The van der Waals surface area contributed by atoms with Crippen molar-refractivity contribution in [2.75, 3.05) is 6.79 Å². The van der Waals surface area contributed by atoms with Gasteiger partial charge < -0.3 is 9.47 Å². The molecule has 0 aromatic heterocycles. The van der Waals surface area contributed by atoms with Gasteiger partial charge in [0.15, 0.2) is 11.5 Å². The quantitative estimate of drug-likeness (QED) is 0.805. The predicted octanol–water partition coefficient (Wildman–Crippen LogP) is 3.84. The van der Waals surface area contributed by atoms with Crippen LogP contribution in [0.25, 0.3) is 11.1 Å². The van der Waals surface area contributed by atoms with E-state index in [0.29, 0.717) is 17.1 Å². The van der Waals surface area contributed by atoms with Crippen LogP contribution in [0.4, 0.5) is 0 Å². The summed E-state index contributed by atoms with van der Waals surface area (Å²) in [6.07, 6.45) is 0. The number of carbonyl (C=O) groups excluding carboxylic acids is 2. The van der Waals surface area contributed by atoms with Crippen LogP contribution >= 0.6 is 23.2 Å². The Morgan fingerprint density at radius 3 is 2.14 bits per heavy atom. The minimum atomic E-state index is -0.605. The average molecular weight is 323 g/mol. The minimum absolute atomic E-state index is 0.0295. The van der Waals surface area contributed by atoms with Crippen LogP contribution in [0.15, 0.2) is 36.4 Å². The first-order valence-electron chi connectivity index (χ1n) is 6.00. The average Bonchev–Trinajstić information content (AvgIpc) is 2.95. The molecular formula is C15H8Cl2O4. The molecule has 4 nitrogen and oxygen atoms in total. The molecule has 106 valence electrons. The lowest BCUT2D eigenvalue weighted by Gasteiger charge is -2.08. The largest absolute Gasteiger partial charge is 0.453 e. The smallest absolute Gasteiger partial charge is 0.256 e. The molecule has 1 heterocycles.